The predicted octanol–water partition coefficient (Wildman–Crippen LogP) is 3.34. The van der Waals surface area contributed by atoms with Crippen molar-refractivity contribution < 1.29 is 14.6 Å². The minimum absolute atomic E-state index is 0.190. The monoisotopic (exact) mass is 415 g/mol. The van der Waals surface area contributed by atoms with Crippen molar-refractivity contribution in [3.8, 4) is 11.6 Å². The Kier molecular flexibility index (Phi) is 5.05. The van der Waals surface area contributed by atoms with Gasteiger partial charge in [0, 0.05) is 31.0 Å². The zero-order valence-electron chi connectivity index (χ0n) is 16.7. The van der Waals surface area contributed by atoms with Gasteiger partial charge in [0.05, 0.1) is 17.1 Å². The van der Waals surface area contributed by atoms with Crippen LogP contribution in [0.1, 0.15) is 29.0 Å². The number of nitrogens with zero attached hydrogens (tertiary/aromatic N) is 4. The number of para-hydroxylation sites is 2. The molecule has 0 spiro atoms. The average Bonchev–Trinajstić information content (AvgIpc) is 3.24. The van der Waals surface area contributed by atoms with E-state index in [1.54, 1.807) is 36.7 Å². The van der Waals surface area contributed by atoms with Gasteiger partial charge in [-0.15, -0.1) is 0 Å². The molecular weight excluding hydrogens is 394 g/mol. The average molecular weight is 415 g/mol. The fraction of sp³-hybridized carbons (Fsp3) is 0.217. The van der Waals surface area contributed by atoms with Gasteiger partial charge in [0.2, 0.25) is 5.78 Å². The number of imidazole rings is 1. The third-order valence-corrected chi connectivity index (χ3v) is 5.28. The van der Waals surface area contributed by atoms with Crippen molar-refractivity contribution in [3.63, 3.8) is 0 Å². The second-order valence-corrected chi connectivity index (χ2v) is 7.49. The van der Waals surface area contributed by atoms with E-state index in [-0.39, 0.29) is 11.9 Å². The second kappa shape index (κ2) is 8.16. The zero-order valence-corrected chi connectivity index (χ0v) is 16.7. The van der Waals surface area contributed by atoms with Crippen LogP contribution in [0.2, 0.25) is 0 Å². The first-order valence-corrected chi connectivity index (χ1v) is 10.2. The highest BCUT2D eigenvalue weighted by molar-refractivity contribution is 6.08. The molecule has 31 heavy (non-hydrogen) atoms. The highest BCUT2D eigenvalue weighted by Crippen LogP contribution is 2.30. The van der Waals surface area contributed by atoms with E-state index >= 15 is 0 Å². The molecule has 0 aliphatic carbocycles. The first kappa shape index (κ1) is 19.2. The van der Waals surface area contributed by atoms with Crippen molar-refractivity contribution in [2.24, 2.45) is 0 Å². The number of anilines is 1. The summed E-state index contributed by atoms with van der Waals surface area (Å²) in [4.78, 5) is 30.9. The number of aromatic nitrogens is 4. The van der Waals surface area contributed by atoms with Crippen molar-refractivity contribution in [1.82, 2.24) is 19.9 Å². The lowest BCUT2D eigenvalue weighted by atomic mass is 10.1. The summed E-state index contributed by atoms with van der Waals surface area (Å²) in [6.45, 7) is 1.29. The minimum Gasteiger partial charge on any atom is -0.436 e. The first-order chi connectivity index (χ1) is 15.2. The van der Waals surface area contributed by atoms with E-state index in [0.29, 0.717) is 35.4 Å². The van der Waals surface area contributed by atoms with E-state index in [0.717, 1.165) is 30.4 Å². The van der Waals surface area contributed by atoms with Gasteiger partial charge in [-0.1, -0.05) is 12.1 Å². The molecule has 1 aliphatic rings. The Morgan fingerprint density at radius 1 is 1.10 bits per heavy atom. The van der Waals surface area contributed by atoms with Gasteiger partial charge in [-0.2, -0.15) is 0 Å². The number of β-amino-alcohol motifs (C(OH)–C–C–N with tert-alkyl or cyclic N) is 1. The number of ether oxygens (including phenoxy) is 1. The van der Waals surface area contributed by atoms with Gasteiger partial charge >= 0.3 is 0 Å². The largest absolute Gasteiger partial charge is 0.436 e. The lowest BCUT2D eigenvalue weighted by Crippen LogP contribution is -2.38. The van der Waals surface area contributed by atoms with Gasteiger partial charge in [0.25, 0.3) is 5.88 Å². The van der Waals surface area contributed by atoms with Crippen molar-refractivity contribution in [1.29, 1.82) is 0 Å². The maximum Gasteiger partial charge on any atom is 0.263 e. The molecule has 8 heteroatoms. The van der Waals surface area contributed by atoms with Crippen LogP contribution in [0, 0.1) is 0 Å². The number of aliphatic hydroxyl groups excluding tert-OH is 1. The third kappa shape index (κ3) is 3.97. The van der Waals surface area contributed by atoms with E-state index < -0.39 is 0 Å². The van der Waals surface area contributed by atoms with Gasteiger partial charge in [-0.05, 0) is 49.2 Å². The van der Waals surface area contributed by atoms with E-state index in [9.17, 15) is 9.90 Å². The molecule has 3 heterocycles. The number of nitrogens with one attached hydrogen (secondary N) is 1. The number of hydrogen-bond donors (Lipinski definition) is 2. The van der Waals surface area contributed by atoms with Gasteiger partial charge in [-0.3, -0.25) is 4.79 Å². The number of aromatic amines is 1. The third-order valence-electron chi connectivity index (χ3n) is 5.28. The van der Waals surface area contributed by atoms with E-state index in [1.807, 2.05) is 29.2 Å². The molecule has 1 aliphatic heterocycles. The molecule has 1 unspecified atom stereocenters. The lowest BCUT2D eigenvalue weighted by molar-refractivity contribution is 0.103. The maximum absolute atomic E-state index is 12.8. The van der Waals surface area contributed by atoms with Crippen LogP contribution in [0.5, 0.6) is 11.6 Å². The standard InChI is InChI=1S/C23H21N5O3/c29-16-4-3-13-28(14-16)22-23(25-12-11-24-22)31-17-9-7-15(8-10-17)20(30)21-26-18-5-1-2-6-19(18)27-21/h1-2,5-12,16,29H,3-4,13-14H2,(H,26,27). The summed E-state index contributed by atoms with van der Waals surface area (Å²) in [5.74, 6) is 1.62. The summed E-state index contributed by atoms with van der Waals surface area (Å²) in [5.41, 5.74) is 2.08. The van der Waals surface area contributed by atoms with Gasteiger partial charge in [0.15, 0.2) is 11.6 Å². The van der Waals surface area contributed by atoms with Gasteiger partial charge in [-0.25, -0.2) is 15.0 Å². The molecule has 1 saturated heterocycles. The van der Waals surface area contributed by atoms with Crippen molar-refractivity contribution in [3.05, 3.63) is 72.3 Å². The van der Waals surface area contributed by atoms with Gasteiger partial charge < -0.3 is 19.7 Å². The number of fused-ring (bicyclic) bond motifs is 1. The molecule has 8 nitrogen and oxygen atoms in total. The fourth-order valence-electron chi connectivity index (χ4n) is 3.74. The number of piperidine rings is 1. The van der Waals surface area contributed by atoms with Crippen LogP contribution in [0.3, 0.4) is 0 Å². The van der Waals surface area contributed by atoms with Crippen LogP contribution >= 0.6 is 0 Å². The van der Waals surface area contributed by atoms with E-state index in [1.165, 1.54) is 0 Å². The van der Waals surface area contributed by atoms with Crippen LogP contribution in [-0.2, 0) is 0 Å². The smallest absolute Gasteiger partial charge is 0.263 e. The summed E-state index contributed by atoms with van der Waals surface area (Å²) < 4.78 is 5.95. The molecule has 0 saturated carbocycles. The van der Waals surface area contributed by atoms with Crippen molar-refractivity contribution in [2.75, 3.05) is 18.0 Å². The van der Waals surface area contributed by atoms with Crippen LogP contribution in [0.15, 0.2) is 60.9 Å². The molecular formula is C23H21N5O3. The molecule has 0 bridgehead atoms. The molecule has 2 aromatic heterocycles. The number of hydrogen-bond acceptors (Lipinski definition) is 7. The second-order valence-electron chi connectivity index (χ2n) is 7.49. The molecule has 4 aromatic rings. The van der Waals surface area contributed by atoms with Crippen LogP contribution < -0.4 is 9.64 Å². The highest BCUT2D eigenvalue weighted by Gasteiger charge is 2.23. The highest BCUT2D eigenvalue weighted by atomic mass is 16.5. The molecule has 2 aromatic carbocycles. The topological polar surface area (TPSA) is 104 Å². The molecule has 5 rings (SSSR count). The van der Waals surface area contributed by atoms with Crippen molar-refractivity contribution in [2.45, 2.75) is 18.9 Å². The normalized spacial score (nSPS) is 16.4. The molecule has 1 fully saturated rings. The Labute approximate surface area is 178 Å². The SMILES string of the molecule is O=C(c1ccc(Oc2nccnc2N2CCCC(O)C2)cc1)c1nc2ccccc2[nH]1. The summed E-state index contributed by atoms with van der Waals surface area (Å²) in [6.07, 6.45) is 4.47. The predicted molar refractivity (Wildman–Crippen MR) is 116 cm³/mol. The number of H-pyrrole nitrogens is 1. The Balaban J connectivity index is 1.34. The number of carbonyl (C=O) groups is 1. The molecule has 0 radical (unpaired) electrons. The fourth-order valence-corrected chi connectivity index (χ4v) is 3.74. The summed E-state index contributed by atoms with van der Waals surface area (Å²) in [6, 6.07) is 14.4. The quantitative estimate of drug-likeness (QED) is 0.482. The van der Waals surface area contributed by atoms with Crippen LogP contribution in [0.4, 0.5) is 5.82 Å². The number of ketones is 1. The lowest BCUT2D eigenvalue weighted by Gasteiger charge is -2.31. The first-order valence-electron chi connectivity index (χ1n) is 10.2. The summed E-state index contributed by atoms with van der Waals surface area (Å²) in [7, 11) is 0. The van der Waals surface area contributed by atoms with Crippen LogP contribution in [0.25, 0.3) is 11.0 Å². The Morgan fingerprint density at radius 3 is 2.71 bits per heavy atom. The zero-order chi connectivity index (χ0) is 21.2. The number of carbonyl (C=O) groups excluding carboxylic acids is 1. The Bertz CT molecular complexity index is 1190. The molecule has 2 N–H and O–H groups in total. The number of rotatable bonds is 5. The Morgan fingerprint density at radius 2 is 1.90 bits per heavy atom. The van der Waals surface area contributed by atoms with E-state index in [4.69, 9.17) is 4.74 Å². The summed E-state index contributed by atoms with van der Waals surface area (Å²) >= 11 is 0. The maximum atomic E-state index is 12.8. The van der Waals surface area contributed by atoms with Crippen LogP contribution in [-0.4, -0.2) is 50.0 Å². The van der Waals surface area contributed by atoms with E-state index in [2.05, 4.69) is 19.9 Å². The summed E-state index contributed by atoms with van der Waals surface area (Å²) in [5, 5.41) is 9.97. The number of aliphatic hydroxyl groups is 1. The minimum atomic E-state index is -0.382. The number of benzene rings is 2. The molecule has 156 valence electrons. The van der Waals surface area contributed by atoms with Crippen molar-refractivity contribution >= 4 is 22.6 Å². The molecule has 0 amide bonds. The molecule has 1 atom stereocenters. The van der Waals surface area contributed by atoms with Gasteiger partial charge in [0.1, 0.15) is 5.75 Å². The Hall–Kier alpha value is -3.78.